The fourth-order valence-corrected chi connectivity index (χ4v) is 2.27. The van der Waals surface area contributed by atoms with Crippen LogP contribution in [-0.2, 0) is 0 Å². The summed E-state index contributed by atoms with van der Waals surface area (Å²) in [6, 6.07) is 12.9. The molecule has 2 aromatic rings. The van der Waals surface area contributed by atoms with Gasteiger partial charge in [-0.3, -0.25) is 4.79 Å². The second-order valence-electron chi connectivity index (χ2n) is 4.27. The van der Waals surface area contributed by atoms with E-state index in [1.807, 2.05) is 0 Å². The SMILES string of the molecule is O=C(c1ccc(Cl)cc1)C(Cl)C(O)c1ccc(Cl)cc1. The molecular weight excluding hydrogens is 319 g/mol. The number of carbonyl (C=O) groups excluding carboxylic acids is 1. The van der Waals surface area contributed by atoms with Gasteiger partial charge in [0.15, 0.2) is 5.78 Å². The highest BCUT2D eigenvalue weighted by molar-refractivity contribution is 6.34. The molecule has 0 aliphatic rings. The Kier molecular flexibility index (Phi) is 5.06. The fourth-order valence-electron chi connectivity index (χ4n) is 1.75. The zero-order valence-electron chi connectivity index (χ0n) is 10.3. The van der Waals surface area contributed by atoms with Gasteiger partial charge >= 0.3 is 0 Å². The smallest absolute Gasteiger partial charge is 0.183 e. The van der Waals surface area contributed by atoms with Crippen molar-refractivity contribution in [1.82, 2.24) is 0 Å². The Bertz CT molecular complexity index is 594. The minimum Gasteiger partial charge on any atom is -0.386 e. The first-order chi connectivity index (χ1) is 9.49. The van der Waals surface area contributed by atoms with Gasteiger partial charge in [-0.05, 0) is 42.0 Å². The number of alkyl halides is 1. The van der Waals surface area contributed by atoms with Gasteiger partial charge < -0.3 is 5.11 Å². The van der Waals surface area contributed by atoms with Crippen LogP contribution in [0, 0.1) is 0 Å². The minimum absolute atomic E-state index is 0.356. The zero-order valence-corrected chi connectivity index (χ0v) is 12.5. The summed E-state index contributed by atoms with van der Waals surface area (Å²) < 4.78 is 0. The molecule has 5 heteroatoms. The Hall–Kier alpha value is -1.06. The van der Waals surface area contributed by atoms with Crippen LogP contribution in [0.5, 0.6) is 0 Å². The van der Waals surface area contributed by atoms with Gasteiger partial charge in [-0.2, -0.15) is 0 Å². The highest BCUT2D eigenvalue weighted by Crippen LogP contribution is 2.25. The molecule has 104 valence electrons. The van der Waals surface area contributed by atoms with Gasteiger partial charge in [0, 0.05) is 15.6 Å². The highest BCUT2D eigenvalue weighted by Gasteiger charge is 2.26. The van der Waals surface area contributed by atoms with E-state index in [-0.39, 0.29) is 5.78 Å². The van der Waals surface area contributed by atoms with Crippen LogP contribution in [0.15, 0.2) is 48.5 Å². The third-order valence-corrected chi connectivity index (χ3v) is 3.81. The molecule has 0 saturated heterocycles. The van der Waals surface area contributed by atoms with E-state index in [4.69, 9.17) is 34.8 Å². The molecule has 2 unspecified atom stereocenters. The summed E-state index contributed by atoms with van der Waals surface area (Å²) in [7, 11) is 0. The molecule has 2 atom stereocenters. The number of halogens is 3. The molecule has 2 nitrogen and oxygen atoms in total. The molecule has 0 aliphatic carbocycles. The lowest BCUT2D eigenvalue weighted by molar-refractivity contribution is 0.0891. The van der Waals surface area contributed by atoms with Gasteiger partial charge in [0.25, 0.3) is 0 Å². The maximum Gasteiger partial charge on any atom is 0.183 e. The van der Waals surface area contributed by atoms with Gasteiger partial charge in [0.05, 0.1) is 0 Å². The normalized spacial score (nSPS) is 13.8. The average Bonchev–Trinajstić information content (AvgIpc) is 2.46. The molecule has 0 radical (unpaired) electrons. The number of carbonyl (C=O) groups is 1. The third-order valence-electron chi connectivity index (χ3n) is 2.87. The summed E-state index contributed by atoms with van der Waals surface area (Å²) in [5.74, 6) is -0.356. The lowest BCUT2D eigenvalue weighted by Gasteiger charge is -2.16. The average molecular weight is 330 g/mol. The molecule has 20 heavy (non-hydrogen) atoms. The summed E-state index contributed by atoms with van der Waals surface area (Å²) in [6.45, 7) is 0. The number of hydrogen-bond donors (Lipinski definition) is 1. The predicted octanol–water partition coefficient (Wildman–Crippen LogP) is 4.52. The van der Waals surface area contributed by atoms with E-state index in [0.29, 0.717) is 21.2 Å². The van der Waals surface area contributed by atoms with Crippen molar-refractivity contribution in [3.05, 3.63) is 69.7 Å². The van der Waals surface area contributed by atoms with Crippen molar-refractivity contribution in [2.75, 3.05) is 0 Å². The van der Waals surface area contributed by atoms with Crippen molar-refractivity contribution in [1.29, 1.82) is 0 Å². The van der Waals surface area contributed by atoms with Crippen molar-refractivity contribution in [2.24, 2.45) is 0 Å². The predicted molar refractivity (Wildman–Crippen MR) is 81.8 cm³/mol. The molecule has 0 heterocycles. The standard InChI is InChI=1S/C15H11Cl3O2/c16-11-5-1-9(2-6-11)14(19)13(18)15(20)10-3-7-12(17)8-4-10/h1-8,13-14,19H. The zero-order chi connectivity index (χ0) is 14.7. The van der Waals surface area contributed by atoms with Gasteiger partial charge in [0.2, 0.25) is 0 Å². The summed E-state index contributed by atoms with van der Waals surface area (Å²) in [6.07, 6.45) is -1.10. The molecule has 2 aromatic carbocycles. The monoisotopic (exact) mass is 328 g/mol. The van der Waals surface area contributed by atoms with Crippen molar-refractivity contribution >= 4 is 40.6 Å². The molecule has 0 aliphatic heterocycles. The molecule has 1 N–H and O–H groups in total. The van der Waals surface area contributed by atoms with E-state index in [9.17, 15) is 9.90 Å². The number of ketones is 1. The number of hydrogen-bond acceptors (Lipinski definition) is 2. The third kappa shape index (κ3) is 3.53. The summed E-state index contributed by atoms with van der Waals surface area (Å²) in [5, 5.41) is 10.2. The van der Waals surface area contributed by atoms with Crippen LogP contribution < -0.4 is 0 Å². The van der Waals surface area contributed by atoms with Crippen LogP contribution in [0.2, 0.25) is 10.0 Å². The van der Waals surface area contributed by atoms with Crippen LogP contribution in [0.4, 0.5) is 0 Å². The molecule has 0 saturated carbocycles. The number of aliphatic hydroxyl groups is 1. The second-order valence-corrected chi connectivity index (χ2v) is 5.61. The number of benzene rings is 2. The van der Waals surface area contributed by atoms with E-state index < -0.39 is 11.5 Å². The second kappa shape index (κ2) is 6.59. The van der Waals surface area contributed by atoms with Gasteiger partial charge in [-0.1, -0.05) is 35.3 Å². The van der Waals surface area contributed by atoms with Crippen molar-refractivity contribution in [3.8, 4) is 0 Å². The summed E-state index contributed by atoms with van der Waals surface area (Å²) in [5.41, 5.74) is 0.944. The van der Waals surface area contributed by atoms with E-state index >= 15 is 0 Å². The molecule has 0 bridgehead atoms. The quantitative estimate of drug-likeness (QED) is 0.661. The minimum atomic E-state index is -1.10. The lowest BCUT2D eigenvalue weighted by atomic mass is 10.00. The Labute approximate surface area is 131 Å². The number of Topliss-reactive ketones (excluding diaryl/α,β-unsaturated/α-hetero) is 1. The summed E-state index contributed by atoms with van der Waals surface area (Å²) in [4.78, 5) is 12.2. The molecule has 0 amide bonds. The maximum atomic E-state index is 12.2. The van der Waals surface area contributed by atoms with Gasteiger partial charge in [0.1, 0.15) is 11.5 Å². The number of aliphatic hydroxyl groups excluding tert-OH is 1. The first kappa shape index (κ1) is 15.3. The molecule has 0 spiro atoms. The van der Waals surface area contributed by atoms with Gasteiger partial charge in [-0.25, -0.2) is 0 Å². The largest absolute Gasteiger partial charge is 0.386 e. The van der Waals surface area contributed by atoms with Crippen molar-refractivity contribution in [2.45, 2.75) is 11.5 Å². The molecule has 0 aromatic heterocycles. The molecule has 0 fully saturated rings. The molecule has 2 rings (SSSR count). The highest BCUT2D eigenvalue weighted by atomic mass is 35.5. The fraction of sp³-hybridized carbons (Fsp3) is 0.133. The van der Waals surface area contributed by atoms with Crippen LogP contribution in [0.3, 0.4) is 0 Å². The van der Waals surface area contributed by atoms with E-state index in [1.54, 1.807) is 48.5 Å². The van der Waals surface area contributed by atoms with Crippen LogP contribution in [0.25, 0.3) is 0 Å². The van der Waals surface area contributed by atoms with E-state index in [1.165, 1.54) is 0 Å². The Morgan fingerprint density at radius 3 is 1.85 bits per heavy atom. The maximum absolute atomic E-state index is 12.2. The van der Waals surface area contributed by atoms with Gasteiger partial charge in [-0.15, -0.1) is 11.6 Å². The van der Waals surface area contributed by atoms with Crippen molar-refractivity contribution < 1.29 is 9.90 Å². The Morgan fingerprint density at radius 1 is 0.900 bits per heavy atom. The first-order valence-corrected chi connectivity index (χ1v) is 7.05. The van der Waals surface area contributed by atoms with Crippen LogP contribution in [-0.4, -0.2) is 16.3 Å². The summed E-state index contributed by atoms with van der Waals surface area (Å²) >= 11 is 17.6. The first-order valence-electron chi connectivity index (χ1n) is 5.86. The Morgan fingerprint density at radius 2 is 1.35 bits per heavy atom. The van der Waals surface area contributed by atoms with Crippen LogP contribution >= 0.6 is 34.8 Å². The van der Waals surface area contributed by atoms with Crippen LogP contribution in [0.1, 0.15) is 22.0 Å². The number of rotatable bonds is 4. The van der Waals surface area contributed by atoms with E-state index in [2.05, 4.69) is 0 Å². The molecular formula is C15H11Cl3O2. The van der Waals surface area contributed by atoms with Crippen molar-refractivity contribution in [3.63, 3.8) is 0 Å². The lowest BCUT2D eigenvalue weighted by Crippen LogP contribution is -2.23. The Balaban J connectivity index is 2.17. The van der Waals surface area contributed by atoms with E-state index in [0.717, 1.165) is 0 Å². The topological polar surface area (TPSA) is 37.3 Å².